The number of benzene rings is 1. The first-order valence-electron chi connectivity index (χ1n) is 5.87. The molecule has 0 bridgehead atoms. The Bertz CT molecular complexity index is 287. The Balaban J connectivity index is 2.71. The molecule has 1 unspecified atom stereocenters. The van der Waals surface area contributed by atoms with Crippen molar-refractivity contribution >= 4 is 0 Å². The van der Waals surface area contributed by atoms with Crippen LogP contribution in [0, 0.1) is 0 Å². The van der Waals surface area contributed by atoms with Crippen LogP contribution >= 0.6 is 0 Å². The van der Waals surface area contributed by atoms with Crippen LogP contribution in [0.4, 0.5) is 0 Å². The van der Waals surface area contributed by atoms with E-state index in [4.69, 9.17) is 5.73 Å². The van der Waals surface area contributed by atoms with Gasteiger partial charge in [-0.05, 0) is 18.9 Å². The molecule has 1 aromatic carbocycles. The molecule has 0 radical (unpaired) electrons. The quantitative estimate of drug-likeness (QED) is 0.682. The van der Waals surface area contributed by atoms with Gasteiger partial charge in [0, 0.05) is 18.6 Å². The maximum Gasteiger partial charge on any atom is 0.0636 e. The number of nitrogens with one attached hydrogen (secondary N) is 1. The van der Waals surface area contributed by atoms with Crippen molar-refractivity contribution < 1.29 is 5.11 Å². The molecule has 3 heteroatoms. The molecule has 0 fully saturated rings. The highest BCUT2D eigenvalue weighted by Gasteiger charge is 2.17. The van der Waals surface area contributed by atoms with E-state index in [0.29, 0.717) is 6.54 Å². The van der Waals surface area contributed by atoms with Gasteiger partial charge in [-0.15, -0.1) is 0 Å². The monoisotopic (exact) mass is 222 g/mol. The molecule has 0 saturated heterocycles. The van der Waals surface area contributed by atoms with Crippen LogP contribution in [0.2, 0.25) is 0 Å². The summed E-state index contributed by atoms with van der Waals surface area (Å²) in [7, 11) is 0. The van der Waals surface area contributed by atoms with E-state index in [1.165, 1.54) is 5.56 Å². The average molecular weight is 222 g/mol. The fourth-order valence-electron chi connectivity index (χ4n) is 1.71. The van der Waals surface area contributed by atoms with Crippen LogP contribution in [-0.4, -0.2) is 23.8 Å². The first-order chi connectivity index (χ1) is 7.65. The second-order valence-electron chi connectivity index (χ2n) is 4.22. The number of aliphatic hydroxyl groups excluding tert-OH is 1. The Morgan fingerprint density at radius 3 is 2.44 bits per heavy atom. The van der Waals surface area contributed by atoms with Crippen molar-refractivity contribution in [2.24, 2.45) is 5.73 Å². The second-order valence-corrected chi connectivity index (χ2v) is 4.22. The smallest absolute Gasteiger partial charge is 0.0636 e. The standard InChI is InChI=1S/C13H22N2O/c1-3-12(14)13(15-9-10(2)16)11-7-5-4-6-8-11/h4-8,10,12-13,15-16H,3,9,14H2,1-2H3/t10?,12-,13+/m0/s1. The third-order valence-electron chi connectivity index (χ3n) is 2.69. The molecule has 0 aromatic heterocycles. The Hall–Kier alpha value is -0.900. The SMILES string of the molecule is CC[C@H](N)[C@H](NCC(C)O)c1ccccc1. The predicted molar refractivity (Wildman–Crippen MR) is 67.1 cm³/mol. The first kappa shape index (κ1) is 13.2. The molecular weight excluding hydrogens is 200 g/mol. The average Bonchev–Trinajstić information content (AvgIpc) is 2.30. The van der Waals surface area contributed by atoms with Crippen LogP contribution in [0.15, 0.2) is 30.3 Å². The van der Waals surface area contributed by atoms with Gasteiger partial charge in [0.15, 0.2) is 0 Å². The number of hydrogen-bond acceptors (Lipinski definition) is 3. The van der Waals surface area contributed by atoms with Crippen LogP contribution in [0.3, 0.4) is 0 Å². The number of aliphatic hydroxyl groups is 1. The number of rotatable bonds is 6. The van der Waals surface area contributed by atoms with E-state index in [1.54, 1.807) is 6.92 Å². The van der Waals surface area contributed by atoms with Crippen molar-refractivity contribution in [3.05, 3.63) is 35.9 Å². The maximum atomic E-state index is 9.30. The lowest BCUT2D eigenvalue weighted by Gasteiger charge is -2.25. The molecule has 0 heterocycles. The highest BCUT2D eigenvalue weighted by molar-refractivity contribution is 5.20. The topological polar surface area (TPSA) is 58.3 Å². The Morgan fingerprint density at radius 2 is 1.94 bits per heavy atom. The van der Waals surface area contributed by atoms with Crippen LogP contribution in [-0.2, 0) is 0 Å². The summed E-state index contributed by atoms with van der Waals surface area (Å²) in [4.78, 5) is 0. The summed E-state index contributed by atoms with van der Waals surface area (Å²) < 4.78 is 0. The summed E-state index contributed by atoms with van der Waals surface area (Å²) in [6, 6.07) is 10.3. The van der Waals surface area contributed by atoms with Gasteiger partial charge < -0.3 is 16.2 Å². The summed E-state index contributed by atoms with van der Waals surface area (Å²) in [5.41, 5.74) is 7.27. The normalized spacial score (nSPS) is 16.8. The first-order valence-corrected chi connectivity index (χ1v) is 5.87. The van der Waals surface area contributed by atoms with Gasteiger partial charge in [0.1, 0.15) is 0 Å². The van der Waals surface area contributed by atoms with Crippen molar-refractivity contribution in [3.8, 4) is 0 Å². The predicted octanol–water partition coefficient (Wildman–Crippen LogP) is 1.44. The van der Waals surface area contributed by atoms with E-state index in [0.717, 1.165) is 6.42 Å². The van der Waals surface area contributed by atoms with Crippen LogP contribution in [0.5, 0.6) is 0 Å². The highest BCUT2D eigenvalue weighted by Crippen LogP contribution is 2.17. The summed E-state index contributed by atoms with van der Waals surface area (Å²) in [5, 5.41) is 12.6. The summed E-state index contributed by atoms with van der Waals surface area (Å²) >= 11 is 0. The molecular formula is C13H22N2O. The van der Waals surface area contributed by atoms with Crippen molar-refractivity contribution in [2.45, 2.75) is 38.5 Å². The molecule has 3 atom stereocenters. The lowest BCUT2D eigenvalue weighted by Crippen LogP contribution is -2.40. The van der Waals surface area contributed by atoms with Gasteiger partial charge in [0.25, 0.3) is 0 Å². The van der Waals surface area contributed by atoms with E-state index < -0.39 is 0 Å². The van der Waals surface area contributed by atoms with Gasteiger partial charge in [-0.2, -0.15) is 0 Å². The molecule has 16 heavy (non-hydrogen) atoms. The molecule has 0 aliphatic rings. The maximum absolute atomic E-state index is 9.30. The van der Waals surface area contributed by atoms with Crippen LogP contribution in [0.1, 0.15) is 31.9 Å². The lowest BCUT2D eigenvalue weighted by molar-refractivity contribution is 0.183. The van der Waals surface area contributed by atoms with Crippen LogP contribution < -0.4 is 11.1 Å². The summed E-state index contributed by atoms with van der Waals surface area (Å²) in [6.07, 6.45) is 0.557. The molecule has 0 aliphatic carbocycles. The zero-order valence-electron chi connectivity index (χ0n) is 10.1. The molecule has 4 N–H and O–H groups in total. The summed E-state index contributed by atoms with van der Waals surface area (Å²) in [5.74, 6) is 0. The minimum Gasteiger partial charge on any atom is -0.392 e. The summed E-state index contributed by atoms with van der Waals surface area (Å²) in [6.45, 7) is 4.41. The molecule has 1 rings (SSSR count). The van der Waals surface area contributed by atoms with Crippen molar-refractivity contribution in [1.82, 2.24) is 5.32 Å². The zero-order valence-corrected chi connectivity index (χ0v) is 10.1. The van der Waals surface area contributed by atoms with E-state index in [9.17, 15) is 5.11 Å². The largest absolute Gasteiger partial charge is 0.392 e. The highest BCUT2D eigenvalue weighted by atomic mass is 16.3. The van der Waals surface area contributed by atoms with E-state index in [1.807, 2.05) is 18.2 Å². The number of hydrogen-bond donors (Lipinski definition) is 3. The van der Waals surface area contributed by atoms with Gasteiger partial charge in [0.05, 0.1) is 6.10 Å². The van der Waals surface area contributed by atoms with E-state index in [2.05, 4.69) is 24.4 Å². The van der Waals surface area contributed by atoms with Gasteiger partial charge in [0.2, 0.25) is 0 Å². The van der Waals surface area contributed by atoms with Crippen LogP contribution in [0.25, 0.3) is 0 Å². The molecule has 90 valence electrons. The minimum absolute atomic E-state index is 0.0705. The fraction of sp³-hybridized carbons (Fsp3) is 0.538. The van der Waals surface area contributed by atoms with Gasteiger partial charge in [-0.25, -0.2) is 0 Å². The lowest BCUT2D eigenvalue weighted by atomic mass is 9.98. The Labute approximate surface area is 97.7 Å². The number of nitrogens with two attached hydrogens (primary N) is 1. The fourth-order valence-corrected chi connectivity index (χ4v) is 1.71. The van der Waals surface area contributed by atoms with Crippen molar-refractivity contribution in [3.63, 3.8) is 0 Å². The van der Waals surface area contributed by atoms with E-state index >= 15 is 0 Å². The zero-order chi connectivity index (χ0) is 12.0. The van der Waals surface area contributed by atoms with Crippen molar-refractivity contribution in [1.29, 1.82) is 0 Å². The Morgan fingerprint density at radius 1 is 1.31 bits per heavy atom. The second kappa shape index (κ2) is 6.63. The molecule has 1 aromatic rings. The molecule has 0 aliphatic heterocycles. The van der Waals surface area contributed by atoms with E-state index in [-0.39, 0.29) is 18.2 Å². The minimum atomic E-state index is -0.352. The van der Waals surface area contributed by atoms with Gasteiger partial charge in [-0.3, -0.25) is 0 Å². The molecule has 0 spiro atoms. The van der Waals surface area contributed by atoms with Gasteiger partial charge >= 0.3 is 0 Å². The molecule has 0 saturated carbocycles. The third-order valence-corrected chi connectivity index (χ3v) is 2.69. The third kappa shape index (κ3) is 3.93. The van der Waals surface area contributed by atoms with Gasteiger partial charge in [-0.1, -0.05) is 37.3 Å². The molecule has 3 nitrogen and oxygen atoms in total. The van der Waals surface area contributed by atoms with Crippen molar-refractivity contribution in [2.75, 3.05) is 6.54 Å². The Kier molecular flexibility index (Phi) is 5.46. The molecule has 0 amide bonds.